The Hall–Kier alpha value is -2.77. The van der Waals surface area contributed by atoms with Crippen molar-refractivity contribution in [2.45, 2.75) is 44.9 Å². The van der Waals surface area contributed by atoms with Gasteiger partial charge in [0.15, 0.2) is 0 Å². The fourth-order valence-corrected chi connectivity index (χ4v) is 3.31. The number of carbonyl (C=O) groups excluding carboxylic acids is 1. The minimum absolute atomic E-state index is 0.199. The summed E-state index contributed by atoms with van der Waals surface area (Å²) in [5.41, 5.74) is 5.48. The lowest BCUT2D eigenvalue weighted by molar-refractivity contribution is 0.00216. The van der Waals surface area contributed by atoms with Crippen molar-refractivity contribution in [2.75, 3.05) is 25.9 Å². The molecule has 3 rings (SSSR count). The molecule has 2 heterocycles. The Morgan fingerprint density at radius 1 is 1.29 bits per heavy atom. The molecular weight excluding hydrogens is 363 g/mol. The highest BCUT2D eigenvalue weighted by molar-refractivity contribution is 5.70. The largest absolute Gasteiger partial charge is 0.496 e. The van der Waals surface area contributed by atoms with Crippen LogP contribution >= 0.6 is 0 Å². The number of alkyl halides is 1. The van der Waals surface area contributed by atoms with Crippen LogP contribution in [-0.4, -0.2) is 47.0 Å². The molecule has 0 atom stereocenters. The molecule has 1 aromatic carbocycles. The van der Waals surface area contributed by atoms with Crippen LogP contribution in [0.1, 0.15) is 39.2 Å². The van der Waals surface area contributed by atoms with Crippen molar-refractivity contribution in [2.24, 2.45) is 0 Å². The Bertz CT molecular complexity index is 851. The number of methoxy groups -OCH3 is 1. The number of H-pyrrole nitrogens is 1. The van der Waals surface area contributed by atoms with Gasteiger partial charge in [0.05, 0.1) is 12.8 Å². The number of nitrogens with zero attached hydrogens (tertiary/aromatic N) is 2. The van der Waals surface area contributed by atoms with Gasteiger partial charge in [-0.05, 0) is 38.5 Å². The number of carbonyl (C=O) groups is 1. The molecule has 0 aliphatic carbocycles. The number of aromatic nitrogens is 2. The van der Waals surface area contributed by atoms with E-state index < -0.39 is 17.4 Å². The minimum Gasteiger partial charge on any atom is -0.496 e. The second-order valence-corrected chi connectivity index (χ2v) is 8.06. The van der Waals surface area contributed by atoms with E-state index >= 15 is 4.39 Å². The second-order valence-electron chi connectivity index (χ2n) is 8.06. The first kappa shape index (κ1) is 20.0. The zero-order valence-electron chi connectivity index (χ0n) is 16.7. The van der Waals surface area contributed by atoms with E-state index in [0.717, 1.165) is 5.56 Å². The first-order valence-corrected chi connectivity index (χ1v) is 9.28. The molecule has 0 radical (unpaired) electrons. The molecule has 1 fully saturated rings. The third kappa shape index (κ3) is 4.21. The lowest BCUT2D eigenvalue weighted by Crippen LogP contribution is -2.45. The molecule has 8 heteroatoms. The molecule has 3 N–H and O–H groups in total. The number of aromatic amines is 1. The number of nitrogen functional groups attached to an aromatic ring is 1. The summed E-state index contributed by atoms with van der Waals surface area (Å²) in [7, 11) is 1.54. The van der Waals surface area contributed by atoms with Crippen LogP contribution in [0.4, 0.5) is 15.0 Å². The summed E-state index contributed by atoms with van der Waals surface area (Å²) in [6.45, 7) is 6.04. The zero-order chi connectivity index (χ0) is 20.5. The minimum atomic E-state index is -1.53. The van der Waals surface area contributed by atoms with E-state index in [0.29, 0.717) is 35.9 Å². The fourth-order valence-electron chi connectivity index (χ4n) is 3.31. The molecule has 0 bridgehead atoms. The Balaban J connectivity index is 1.76. The van der Waals surface area contributed by atoms with Crippen LogP contribution in [0, 0.1) is 0 Å². The first-order valence-electron chi connectivity index (χ1n) is 9.28. The Kier molecular flexibility index (Phi) is 5.23. The number of nitrogens with two attached hydrogens (primary N) is 1. The van der Waals surface area contributed by atoms with Crippen molar-refractivity contribution < 1.29 is 18.7 Å². The van der Waals surface area contributed by atoms with Gasteiger partial charge in [-0.15, -0.1) is 0 Å². The number of hydrogen-bond acceptors (Lipinski definition) is 5. The Labute approximate surface area is 164 Å². The van der Waals surface area contributed by atoms with Gasteiger partial charge in [0.2, 0.25) is 0 Å². The number of ether oxygens (including phenoxy) is 2. The SMILES string of the molecule is COc1cc(C2(F)CCN(C(=O)OC(C)(C)C)CC2)ccc1-c1cc(N)[nH]n1. The predicted octanol–water partition coefficient (Wildman–Crippen LogP) is 3.86. The zero-order valence-corrected chi connectivity index (χ0v) is 16.7. The van der Waals surface area contributed by atoms with E-state index in [1.54, 1.807) is 29.2 Å². The molecule has 1 aliphatic heterocycles. The van der Waals surface area contributed by atoms with Crippen molar-refractivity contribution in [1.82, 2.24) is 15.1 Å². The lowest BCUT2D eigenvalue weighted by Gasteiger charge is -2.37. The van der Waals surface area contributed by atoms with Gasteiger partial charge in [0.25, 0.3) is 0 Å². The first-order chi connectivity index (χ1) is 13.1. The second kappa shape index (κ2) is 7.33. The maximum absolute atomic E-state index is 15.7. The van der Waals surface area contributed by atoms with Crippen LogP contribution in [0.5, 0.6) is 5.75 Å². The number of piperidine rings is 1. The summed E-state index contributed by atoms with van der Waals surface area (Å²) < 4.78 is 26.5. The summed E-state index contributed by atoms with van der Waals surface area (Å²) in [5.74, 6) is 0.966. The monoisotopic (exact) mass is 390 g/mol. The van der Waals surface area contributed by atoms with E-state index in [-0.39, 0.29) is 12.8 Å². The van der Waals surface area contributed by atoms with Crippen molar-refractivity contribution in [3.63, 3.8) is 0 Å². The molecule has 1 saturated heterocycles. The molecule has 1 aromatic heterocycles. The van der Waals surface area contributed by atoms with Crippen LogP contribution in [0.2, 0.25) is 0 Å². The highest BCUT2D eigenvalue weighted by Crippen LogP contribution is 2.41. The summed E-state index contributed by atoms with van der Waals surface area (Å²) in [4.78, 5) is 13.8. The van der Waals surface area contributed by atoms with Crippen LogP contribution in [-0.2, 0) is 10.4 Å². The molecule has 28 heavy (non-hydrogen) atoms. The number of hydrogen-bond donors (Lipinski definition) is 2. The van der Waals surface area contributed by atoms with Gasteiger partial charge in [-0.25, -0.2) is 9.18 Å². The normalized spacial score (nSPS) is 16.7. The van der Waals surface area contributed by atoms with E-state index in [2.05, 4.69) is 10.2 Å². The van der Waals surface area contributed by atoms with Crippen LogP contribution in [0.3, 0.4) is 0 Å². The smallest absolute Gasteiger partial charge is 0.410 e. The van der Waals surface area contributed by atoms with Crippen molar-refractivity contribution in [1.29, 1.82) is 0 Å². The number of likely N-dealkylation sites (tertiary alicyclic amines) is 1. The average molecular weight is 390 g/mol. The summed E-state index contributed by atoms with van der Waals surface area (Å²) >= 11 is 0. The molecule has 2 aromatic rings. The van der Waals surface area contributed by atoms with Crippen LogP contribution < -0.4 is 10.5 Å². The highest BCUT2D eigenvalue weighted by Gasteiger charge is 2.39. The average Bonchev–Trinajstić information content (AvgIpc) is 3.06. The number of nitrogens with one attached hydrogen (secondary N) is 1. The van der Waals surface area contributed by atoms with Crippen molar-refractivity contribution >= 4 is 11.9 Å². The summed E-state index contributed by atoms with van der Waals surface area (Å²) in [6.07, 6.45) is -0.00706. The van der Waals surface area contributed by atoms with Crippen LogP contribution in [0.25, 0.3) is 11.3 Å². The standard InChI is InChI=1S/C20H27FN4O3/c1-19(2,3)28-18(26)25-9-7-20(21,8-10-25)13-5-6-14(16(11-13)27-4)15-12-17(22)24-23-15/h5-6,11-12H,7-10H2,1-4H3,(H3,22,23,24). The third-order valence-corrected chi connectivity index (χ3v) is 4.80. The quantitative estimate of drug-likeness (QED) is 0.830. The van der Waals surface area contributed by atoms with E-state index in [4.69, 9.17) is 15.2 Å². The summed E-state index contributed by atoms with van der Waals surface area (Å²) in [5, 5.41) is 6.82. The van der Waals surface area contributed by atoms with E-state index in [1.165, 1.54) is 7.11 Å². The molecule has 7 nitrogen and oxygen atoms in total. The number of amides is 1. The summed E-state index contributed by atoms with van der Waals surface area (Å²) in [6, 6.07) is 6.92. The van der Waals surface area contributed by atoms with Gasteiger partial charge in [0, 0.05) is 37.6 Å². The van der Waals surface area contributed by atoms with E-state index in [1.807, 2.05) is 20.8 Å². The third-order valence-electron chi connectivity index (χ3n) is 4.80. The molecular formula is C20H27FN4O3. The number of benzene rings is 1. The maximum atomic E-state index is 15.7. The molecule has 1 aliphatic rings. The van der Waals surface area contributed by atoms with E-state index in [9.17, 15) is 4.79 Å². The van der Waals surface area contributed by atoms with Gasteiger partial charge in [-0.1, -0.05) is 6.07 Å². The van der Waals surface area contributed by atoms with Gasteiger partial charge in [0.1, 0.15) is 22.8 Å². The Morgan fingerprint density at radius 2 is 1.96 bits per heavy atom. The molecule has 0 spiro atoms. The lowest BCUT2D eigenvalue weighted by atomic mass is 9.85. The molecule has 1 amide bonds. The number of anilines is 1. The van der Waals surface area contributed by atoms with Crippen molar-refractivity contribution in [3.8, 4) is 17.0 Å². The molecule has 152 valence electrons. The van der Waals surface area contributed by atoms with Gasteiger partial charge in [-0.2, -0.15) is 5.10 Å². The predicted molar refractivity (Wildman–Crippen MR) is 105 cm³/mol. The number of halogens is 1. The van der Waals surface area contributed by atoms with Gasteiger partial charge >= 0.3 is 6.09 Å². The highest BCUT2D eigenvalue weighted by atomic mass is 19.1. The maximum Gasteiger partial charge on any atom is 0.410 e. The van der Waals surface area contributed by atoms with Crippen LogP contribution in [0.15, 0.2) is 24.3 Å². The van der Waals surface area contributed by atoms with Crippen molar-refractivity contribution in [3.05, 3.63) is 29.8 Å². The number of rotatable bonds is 3. The topological polar surface area (TPSA) is 93.5 Å². The van der Waals surface area contributed by atoms with Gasteiger partial charge in [-0.3, -0.25) is 5.10 Å². The fraction of sp³-hybridized carbons (Fsp3) is 0.500. The molecule has 0 unspecified atom stereocenters. The Morgan fingerprint density at radius 3 is 2.50 bits per heavy atom. The molecule has 0 saturated carbocycles. The van der Waals surface area contributed by atoms with Gasteiger partial charge < -0.3 is 20.1 Å².